The third-order valence-electron chi connectivity index (χ3n) is 2.70. The fraction of sp³-hybridized carbons (Fsp3) is 0.231. The highest BCUT2D eigenvalue weighted by Crippen LogP contribution is 2.26. The Morgan fingerprint density at radius 1 is 1.29 bits per heavy atom. The first kappa shape index (κ1) is 12.4. The second-order valence-electron chi connectivity index (χ2n) is 3.83. The van der Waals surface area contributed by atoms with Gasteiger partial charge in [-0.3, -0.25) is 9.97 Å². The summed E-state index contributed by atoms with van der Waals surface area (Å²) in [4.78, 5) is 8.49. The molecule has 0 radical (unpaired) electrons. The third kappa shape index (κ3) is 2.63. The van der Waals surface area contributed by atoms with E-state index >= 15 is 0 Å². The summed E-state index contributed by atoms with van der Waals surface area (Å²) in [7, 11) is 1.94. The van der Waals surface area contributed by atoms with Gasteiger partial charge < -0.3 is 5.32 Å². The van der Waals surface area contributed by atoms with Gasteiger partial charge in [0.25, 0.3) is 0 Å². The smallest absolute Gasteiger partial charge is 0.0801 e. The van der Waals surface area contributed by atoms with Gasteiger partial charge in [-0.2, -0.15) is 0 Å². The molecule has 0 aliphatic carbocycles. The molecule has 2 aromatic rings. The van der Waals surface area contributed by atoms with Gasteiger partial charge >= 0.3 is 0 Å². The van der Waals surface area contributed by atoms with Crippen molar-refractivity contribution in [3.8, 4) is 0 Å². The maximum Gasteiger partial charge on any atom is 0.0801 e. The molecule has 1 aromatic carbocycles. The summed E-state index contributed by atoms with van der Waals surface area (Å²) in [6, 6.07) is 6.42. The van der Waals surface area contributed by atoms with Crippen molar-refractivity contribution in [2.24, 2.45) is 0 Å². The molecule has 1 aromatic heterocycles. The van der Waals surface area contributed by atoms with E-state index in [2.05, 4.69) is 63.0 Å². The Morgan fingerprint density at radius 3 is 2.76 bits per heavy atom. The molecular weight excluding hydrogens is 325 g/mol. The highest BCUT2D eigenvalue weighted by Gasteiger charge is 2.16. The lowest BCUT2D eigenvalue weighted by Crippen LogP contribution is -2.20. The van der Waals surface area contributed by atoms with Crippen LogP contribution in [0, 0.1) is 10.5 Å². The highest BCUT2D eigenvalue weighted by atomic mass is 127. The van der Waals surface area contributed by atoms with Crippen LogP contribution in [-0.2, 0) is 0 Å². The van der Waals surface area contributed by atoms with Gasteiger partial charge in [0, 0.05) is 16.0 Å². The molecule has 0 fully saturated rings. The van der Waals surface area contributed by atoms with E-state index in [0.29, 0.717) is 0 Å². The number of nitrogens with zero attached hydrogens (tertiary/aromatic N) is 2. The van der Waals surface area contributed by atoms with Gasteiger partial charge in [0.2, 0.25) is 0 Å². The molecule has 1 atom stereocenters. The molecule has 0 saturated heterocycles. The predicted molar refractivity (Wildman–Crippen MR) is 76.8 cm³/mol. The Hall–Kier alpha value is -1.01. The minimum Gasteiger partial charge on any atom is -0.308 e. The highest BCUT2D eigenvalue weighted by molar-refractivity contribution is 14.1. The zero-order valence-electron chi connectivity index (χ0n) is 9.81. The summed E-state index contributed by atoms with van der Waals surface area (Å²) < 4.78 is 1.27. The lowest BCUT2D eigenvalue weighted by Gasteiger charge is -2.18. The zero-order chi connectivity index (χ0) is 12.3. The van der Waals surface area contributed by atoms with E-state index in [0.717, 1.165) is 5.69 Å². The summed E-state index contributed by atoms with van der Waals surface area (Å²) in [5.74, 6) is 0. The van der Waals surface area contributed by atoms with E-state index in [1.54, 1.807) is 18.6 Å². The molecule has 17 heavy (non-hydrogen) atoms. The quantitative estimate of drug-likeness (QED) is 0.874. The molecule has 0 amide bonds. The maximum atomic E-state index is 4.37. The molecule has 1 unspecified atom stereocenters. The van der Waals surface area contributed by atoms with Crippen molar-refractivity contribution in [1.82, 2.24) is 15.3 Å². The van der Waals surface area contributed by atoms with Gasteiger partial charge in [-0.1, -0.05) is 18.2 Å². The molecule has 0 aliphatic heterocycles. The Labute approximate surface area is 115 Å². The minimum atomic E-state index is 0.0931. The van der Waals surface area contributed by atoms with Gasteiger partial charge in [-0.25, -0.2) is 0 Å². The number of halogens is 1. The van der Waals surface area contributed by atoms with E-state index in [9.17, 15) is 0 Å². The molecule has 0 aliphatic rings. The number of aromatic nitrogens is 2. The first-order valence-electron chi connectivity index (χ1n) is 5.42. The van der Waals surface area contributed by atoms with Crippen LogP contribution >= 0.6 is 22.6 Å². The van der Waals surface area contributed by atoms with Gasteiger partial charge in [0.15, 0.2) is 0 Å². The van der Waals surface area contributed by atoms with Crippen molar-refractivity contribution in [1.29, 1.82) is 0 Å². The molecule has 2 rings (SSSR count). The fourth-order valence-corrected chi connectivity index (χ4v) is 2.49. The van der Waals surface area contributed by atoms with Gasteiger partial charge in [-0.15, -0.1) is 0 Å². The number of rotatable bonds is 3. The van der Waals surface area contributed by atoms with E-state index in [4.69, 9.17) is 0 Å². The van der Waals surface area contributed by atoms with Crippen LogP contribution in [0.5, 0.6) is 0 Å². The summed E-state index contributed by atoms with van der Waals surface area (Å²) in [6.45, 7) is 2.12. The molecule has 0 bridgehead atoms. The van der Waals surface area contributed by atoms with Crippen molar-refractivity contribution < 1.29 is 0 Å². The molecule has 4 heteroatoms. The minimum absolute atomic E-state index is 0.0931. The lowest BCUT2D eigenvalue weighted by molar-refractivity contribution is 0.663. The second kappa shape index (κ2) is 5.55. The van der Waals surface area contributed by atoms with E-state index in [1.165, 1.54) is 14.7 Å². The van der Waals surface area contributed by atoms with Crippen molar-refractivity contribution in [3.05, 3.63) is 57.2 Å². The van der Waals surface area contributed by atoms with Crippen LogP contribution in [0.1, 0.15) is 22.9 Å². The lowest BCUT2D eigenvalue weighted by atomic mass is 10.0. The molecule has 88 valence electrons. The van der Waals surface area contributed by atoms with E-state index in [-0.39, 0.29) is 6.04 Å². The van der Waals surface area contributed by atoms with Crippen LogP contribution in [0.3, 0.4) is 0 Å². The SMILES string of the molecule is CNC(c1cnccn1)c1cccc(C)c1I. The summed E-state index contributed by atoms with van der Waals surface area (Å²) in [5.41, 5.74) is 3.47. The van der Waals surface area contributed by atoms with Gasteiger partial charge in [-0.05, 0) is 47.7 Å². The normalized spacial score (nSPS) is 12.4. The summed E-state index contributed by atoms with van der Waals surface area (Å²) >= 11 is 2.38. The van der Waals surface area contributed by atoms with Crippen molar-refractivity contribution in [2.75, 3.05) is 7.05 Å². The second-order valence-corrected chi connectivity index (χ2v) is 4.91. The Kier molecular flexibility index (Phi) is 4.06. The molecule has 1 N–H and O–H groups in total. The monoisotopic (exact) mass is 339 g/mol. The van der Waals surface area contributed by atoms with Gasteiger partial charge in [0.1, 0.15) is 0 Å². The molecular formula is C13H14IN3. The Morgan fingerprint density at radius 2 is 2.12 bits per heavy atom. The van der Waals surface area contributed by atoms with Crippen LogP contribution in [-0.4, -0.2) is 17.0 Å². The summed E-state index contributed by atoms with van der Waals surface area (Å²) in [6.07, 6.45) is 5.22. The zero-order valence-corrected chi connectivity index (χ0v) is 12.0. The van der Waals surface area contributed by atoms with Crippen molar-refractivity contribution >= 4 is 22.6 Å². The van der Waals surface area contributed by atoms with Crippen molar-refractivity contribution in [2.45, 2.75) is 13.0 Å². The number of benzene rings is 1. The van der Waals surface area contributed by atoms with Crippen LogP contribution in [0.2, 0.25) is 0 Å². The van der Waals surface area contributed by atoms with Crippen LogP contribution in [0.25, 0.3) is 0 Å². The molecule has 3 nitrogen and oxygen atoms in total. The third-order valence-corrected chi connectivity index (χ3v) is 4.17. The average molecular weight is 339 g/mol. The average Bonchev–Trinajstić information content (AvgIpc) is 2.37. The standard InChI is InChI=1S/C13H14IN3/c1-9-4-3-5-10(12(9)14)13(15-2)11-8-16-6-7-17-11/h3-8,13,15H,1-2H3. The van der Waals surface area contributed by atoms with E-state index in [1.807, 2.05) is 7.05 Å². The van der Waals surface area contributed by atoms with Crippen molar-refractivity contribution in [3.63, 3.8) is 0 Å². The number of aryl methyl sites for hydroxylation is 1. The van der Waals surface area contributed by atoms with Crippen LogP contribution < -0.4 is 5.32 Å². The largest absolute Gasteiger partial charge is 0.308 e. The maximum absolute atomic E-state index is 4.37. The first-order chi connectivity index (χ1) is 8.24. The number of hydrogen-bond donors (Lipinski definition) is 1. The van der Waals surface area contributed by atoms with Crippen LogP contribution in [0.15, 0.2) is 36.8 Å². The molecule has 0 saturated carbocycles. The van der Waals surface area contributed by atoms with E-state index < -0.39 is 0 Å². The number of nitrogens with one attached hydrogen (secondary N) is 1. The predicted octanol–water partition coefficient (Wildman–Crippen LogP) is 2.70. The molecule has 1 heterocycles. The topological polar surface area (TPSA) is 37.8 Å². The Bertz CT molecular complexity index is 499. The summed E-state index contributed by atoms with van der Waals surface area (Å²) in [5, 5.41) is 3.30. The molecule has 0 spiro atoms. The van der Waals surface area contributed by atoms with Crippen LogP contribution in [0.4, 0.5) is 0 Å². The van der Waals surface area contributed by atoms with Gasteiger partial charge in [0.05, 0.1) is 17.9 Å². The fourth-order valence-electron chi connectivity index (χ4n) is 1.82. The Balaban J connectivity index is 2.46. The number of hydrogen-bond acceptors (Lipinski definition) is 3. The first-order valence-corrected chi connectivity index (χ1v) is 6.50.